The number of nitrogen functional groups attached to an aromatic ring is 1. The van der Waals surface area contributed by atoms with Crippen molar-refractivity contribution in [2.75, 3.05) is 24.1 Å². The first-order valence-electron chi connectivity index (χ1n) is 7.68. The van der Waals surface area contributed by atoms with Gasteiger partial charge in [-0.2, -0.15) is 0 Å². The maximum absolute atomic E-state index is 13.1. The van der Waals surface area contributed by atoms with Gasteiger partial charge in [0, 0.05) is 5.69 Å². The Hall–Kier alpha value is -1.62. The standard InChI is InChI=1S/C16H24FN3O/c1-12(20-9-5-3-2-4-6-10-20)16(21)19-13-7-8-14(17)15(18)11-13/h7-8,11-12H,2-6,9-10,18H2,1H3,(H,19,21). The second-order valence-electron chi connectivity index (χ2n) is 5.71. The molecule has 1 saturated heterocycles. The lowest BCUT2D eigenvalue weighted by Gasteiger charge is -2.29. The molecular formula is C16H24FN3O. The molecular weight excluding hydrogens is 269 g/mol. The SMILES string of the molecule is CC(C(=O)Nc1ccc(F)c(N)c1)N1CCCCCCC1. The predicted molar refractivity (Wildman–Crippen MR) is 83.6 cm³/mol. The van der Waals surface area contributed by atoms with E-state index < -0.39 is 5.82 Å². The number of carbonyl (C=O) groups is 1. The normalized spacial score (nSPS) is 18.6. The van der Waals surface area contributed by atoms with Gasteiger partial charge in [-0.1, -0.05) is 19.3 Å². The van der Waals surface area contributed by atoms with Crippen LogP contribution in [0.1, 0.15) is 39.0 Å². The number of carbonyl (C=O) groups excluding carboxylic acids is 1. The first kappa shape index (κ1) is 15.8. The third-order valence-electron chi connectivity index (χ3n) is 4.08. The highest BCUT2D eigenvalue weighted by atomic mass is 19.1. The van der Waals surface area contributed by atoms with E-state index in [1.807, 2.05) is 6.92 Å². The molecule has 5 heteroatoms. The number of nitrogens with one attached hydrogen (secondary N) is 1. The molecule has 0 saturated carbocycles. The van der Waals surface area contributed by atoms with Gasteiger partial charge in [-0.05, 0) is 51.1 Å². The zero-order valence-electron chi connectivity index (χ0n) is 12.6. The summed E-state index contributed by atoms with van der Waals surface area (Å²) >= 11 is 0. The molecule has 4 nitrogen and oxygen atoms in total. The van der Waals surface area contributed by atoms with E-state index in [1.165, 1.54) is 37.5 Å². The second kappa shape index (κ2) is 7.41. The van der Waals surface area contributed by atoms with Crippen LogP contribution in [0.4, 0.5) is 15.8 Å². The minimum Gasteiger partial charge on any atom is -0.396 e. The van der Waals surface area contributed by atoms with Gasteiger partial charge in [-0.3, -0.25) is 9.69 Å². The molecule has 1 unspecified atom stereocenters. The van der Waals surface area contributed by atoms with Crippen molar-refractivity contribution in [3.8, 4) is 0 Å². The van der Waals surface area contributed by atoms with Crippen molar-refractivity contribution in [2.45, 2.75) is 45.1 Å². The monoisotopic (exact) mass is 293 g/mol. The Balaban J connectivity index is 1.95. The summed E-state index contributed by atoms with van der Waals surface area (Å²) in [6.45, 7) is 3.84. The van der Waals surface area contributed by atoms with E-state index in [-0.39, 0.29) is 17.6 Å². The van der Waals surface area contributed by atoms with Crippen molar-refractivity contribution in [3.63, 3.8) is 0 Å². The topological polar surface area (TPSA) is 58.4 Å². The quantitative estimate of drug-likeness (QED) is 0.842. The number of hydrogen-bond donors (Lipinski definition) is 2. The van der Waals surface area contributed by atoms with Crippen LogP contribution in [0.3, 0.4) is 0 Å². The number of rotatable bonds is 3. The smallest absolute Gasteiger partial charge is 0.241 e. The van der Waals surface area contributed by atoms with Crippen LogP contribution in [0.15, 0.2) is 18.2 Å². The van der Waals surface area contributed by atoms with Crippen molar-refractivity contribution in [1.82, 2.24) is 4.90 Å². The molecule has 1 amide bonds. The van der Waals surface area contributed by atoms with E-state index >= 15 is 0 Å². The Labute approximate surface area is 125 Å². The van der Waals surface area contributed by atoms with Gasteiger partial charge >= 0.3 is 0 Å². The lowest BCUT2D eigenvalue weighted by Crippen LogP contribution is -2.43. The van der Waals surface area contributed by atoms with E-state index in [0.29, 0.717) is 5.69 Å². The molecule has 21 heavy (non-hydrogen) atoms. The number of hydrogen-bond acceptors (Lipinski definition) is 3. The molecule has 1 aliphatic heterocycles. The fourth-order valence-electron chi connectivity index (χ4n) is 2.69. The van der Waals surface area contributed by atoms with Gasteiger partial charge in [0.1, 0.15) is 5.82 Å². The second-order valence-corrected chi connectivity index (χ2v) is 5.71. The predicted octanol–water partition coefficient (Wildman–Crippen LogP) is 3.00. The van der Waals surface area contributed by atoms with Gasteiger partial charge in [0.2, 0.25) is 5.91 Å². The Morgan fingerprint density at radius 3 is 2.48 bits per heavy atom. The zero-order chi connectivity index (χ0) is 15.2. The van der Waals surface area contributed by atoms with Crippen molar-refractivity contribution in [3.05, 3.63) is 24.0 Å². The Bertz CT molecular complexity index is 484. The van der Waals surface area contributed by atoms with E-state index in [9.17, 15) is 9.18 Å². The number of amides is 1. The van der Waals surface area contributed by atoms with Crippen LogP contribution in [0.2, 0.25) is 0 Å². The van der Waals surface area contributed by atoms with Gasteiger partial charge in [0.15, 0.2) is 0 Å². The molecule has 1 heterocycles. The van der Waals surface area contributed by atoms with Crippen molar-refractivity contribution >= 4 is 17.3 Å². The summed E-state index contributed by atoms with van der Waals surface area (Å²) in [4.78, 5) is 14.5. The molecule has 1 aliphatic rings. The highest BCUT2D eigenvalue weighted by Crippen LogP contribution is 2.18. The molecule has 2 rings (SSSR count). The molecule has 0 spiro atoms. The van der Waals surface area contributed by atoms with Gasteiger partial charge in [-0.15, -0.1) is 0 Å². The van der Waals surface area contributed by atoms with E-state index in [4.69, 9.17) is 5.73 Å². The Morgan fingerprint density at radius 1 is 1.24 bits per heavy atom. The van der Waals surface area contributed by atoms with Crippen molar-refractivity contribution in [2.24, 2.45) is 0 Å². The average Bonchev–Trinajstić information content (AvgIpc) is 2.42. The van der Waals surface area contributed by atoms with Gasteiger partial charge in [0.25, 0.3) is 0 Å². The minimum absolute atomic E-state index is 0.0479. The molecule has 1 aromatic rings. The summed E-state index contributed by atoms with van der Waals surface area (Å²) in [6.07, 6.45) is 6.05. The molecule has 0 bridgehead atoms. The Kier molecular flexibility index (Phi) is 5.56. The summed E-state index contributed by atoms with van der Waals surface area (Å²) in [6, 6.07) is 4.07. The van der Waals surface area contributed by atoms with Crippen LogP contribution in [0, 0.1) is 5.82 Å². The van der Waals surface area contributed by atoms with Crippen LogP contribution in [-0.4, -0.2) is 29.9 Å². The van der Waals surface area contributed by atoms with Crippen LogP contribution in [0.5, 0.6) is 0 Å². The summed E-state index contributed by atoms with van der Waals surface area (Å²) in [7, 11) is 0. The lowest BCUT2D eigenvalue weighted by molar-refractivity contribution is -0.120. The first-order valence-corrected chi connectivity index (χ1v) is 7.68. The maximum atomic E-state index is 13.1. The minimum atomic E-state index is -0.468. The van der Waals surface area contributed by atoms with Crippen LogP contribution in [-0.2, 0) is 4.79 Å². The largest absolute Gasteiger partial charge is 0.396 e. The molecule has 0 aromatic heterocycles. The van der Waals surface area contributed by atoms with E-state index in [2.05, 4.69) is 10.2 Å². The number of halogens is 1. The number of anilines is 2. The Morgan fingerprint density at radius 2 is 1.86 bits per heavy atom. The number of nitrogens with zero attached hydrogens (tertiary/aromatic N) is 1. The average molecular weight is 293 g/mol. The highest BCUT2D eigenvalue weighted by Gasteiger charge is 2.21. The molecule has 116 valence electrons. The summed E-state index contributed by atoms with van der Waals surface area (Å²) in [5, 5.41) is 2.82. The fraction of sp³-hybridized carbons (Fsp3) is 0.562. The van der Waals surface area contributed by atoms with Crippen LogP contribution in [0.25, 0.3) is 0 Å². The fourth-order valence-corrected chi connectivity index (χ4v) is 2.69. The van der Waals surface area contributed by atoms with E-state index in [0.717, 1.165) is 25.9 Å². The number of benzene rings is 1. The van der Waals surface area contributed by atoms with Gasteiger partial charge in [0.05, 0.1) is 11.7 Å². The van der Waals surface area contributed by atoms with E-state index in [1.54, 1.807) is 0 Å². The molecule has 1 fully saturated rings. The summed E-state index contributed by atoms with van der Waals surface area (Å²) in [5.74, 6) is -0.536. The maximum Gasteiger partial charge on any atom is 0.241 e. The highest BCUT2D eigenvalue weighted by molar-refractivity contribution is 5.94. The van der Waals surface area contributed by atoms with Gasteiger partial charge in [-0.25, -0.2) is 4.39 Å². The number of likely N-dealkylation sites (tertiary alicyclic amines) is 1. The van der Waals surface area contributed by atoms with Crippen LogP contribution < -0.4 is 11.1 Å². The molecule has 3 N–H and O–H groups in total. The van der Waals surface area contributed by atoms with Gasteiger partial charge < -0.3 is 11.1 Å². The summed E-state index contributed by atoms with van der Waals surface area (Å²) in [5.41, 5.74) is 6.10. The molecule has 1 aromatic carbocycles. The molecule has 0 radical (unpaired) electrons. The zero-order valence-corrected chi connectivity index (χ0v) is 12.6. The van der Waals surface area contributed by atoms with Crippen molar-refractivity contribution in [1.29, 1.82) is 0 Å². The lowest BCUT2D eigenvalue weighted by atomic mass is 10.1. The first-order chi connectivity index (χ1) is 10.1. The third-order valence-corrected chi connectivity index (χ3v) is 4.08. The third kappa shape index (κ3) is 4.43. The van der Waals surface area contributed by atoms with Crippen molar-refractivity contribution < 1.29 is 9.18 Å². The molecule has 0 aliphatic carbocycles. The molecule has 1 atom stereocenters. The summed E-state index contributed by atoms with van der Waals surface area (Å²) < 4.78 is 13.1. The number of nitrogens with two attached hydrogens (primary N) is 1. The van der Waals surface area contributed by atoms with Crippen LogP contribution >= 0.6 is 0 Å².